The second-order valence-electron chi connectivity index (χ2n) is 6.33. The van der Waals surface area contributed by atoms with Crippen LogP contribution in [0.2, 0.25) is 0 Å². The standard InChI is InChI=1S/C17H25BrN2O3S/c1-3-4-13(2)19-17(21)14-9-11-20(12-10-14)24(22,23)16-7-5-15(18)6-8-16/h5-8,13-14H,3-4,9-12H2,1-2H3,(H,19,21)/t13-/m1/s1. The van der Waals surface area contributed by atoms with Gasteiger partial charge < -0.3 is 5.32 Å². The third-order valence-electron chi connectivity index (χ3n) is 4.39. The van der Waals surface area contributed by atoms with Crippen LogP contribution in [0.1, 0.15) is 39.5 Å². The SMILES string of the molecule is CCC[C@@H](C)NC(=O)C1CCN(S(=O)(=O)c2ccc(Br)cc2)CC1. The predicted molar refractivity (Wildman–Crippen MR) is 98.1 cm³/mol. The molecule has 0 aliphatic carbocycles. The van der Waals surface area contributed by atoms with E-state index in [0.717, 1.165) is 17.3 Å². The molecule has 0 radical (unpaired) electrons. The van der Waals surface area contributed by atoms with E-state index in [-0.39, 0.29) is 17.9 Å². The van der Waals surface area contributed by atoms with Gasteiger partial charge in [-0.2, -0.15) is 4.31 Å². The van der Waals surface area contributed by atoms with E-state index in [9.17, 15) is 13.2 Å². The lowest BCUT2D eigenvalue weighted by molar-refractivity contribution is -0.126. The van der Waals surface area contributed by atoms with E-state index in [1.807, 2.05) is 6.92 Å². The minimum absolute atomic E-state index is 0.0524. The zero-order chi connectivity index (χ0) is 17.7. The Morgan fingerprint density at radius 3 is 2.42 bits per heavy atom. The smallest absolute Gasteiger partial charge is 0.243 e. The molecule has 1 aliphatic rings. The Labute approximate surface area is 153 Å². The summed E-state index contributed by atoms with van der Waals surface area (Å²) < 4.78 is 27.6. The molecule has 0 saturated carbocycles. The highest BCUT2D eigenvalue weighted by Gasteiger charge is 2.32. The maximum Gasteiger partial charge on any atom is 0.243 e. The van der Waals surface area contributed by atoms with E-state index in [0.29, 0.717) is 30.8 Å². The minimum atomic E-state index is -3.48. The molecule has 1 fully saturated rings. The summed E-state index contributed by atoms with van der Waals surface area (Å²) in [5.74, 6) is -0.0442. The maximum absolute atomic E-state index is 12.6. The van der Waals surface area contributed by atoms with Gasteiger partial charge in [-0.15, -0.1) is 0 Å². The zero-order valence-electron chi connectivity index (χ0n) is 14.2. The first-order valence-electron chi connectivity index (χ1n) is 8.40. The fraction of sp³-hybridized carbons (Fsp3) is 0.588. The van der Waals surface area contributed by atoms with Crippen molar-refractivity contribution < 1.29 is 13.2 Å². The third-order valence-corrected chi connectivity index (χ3v) is 6.83. The van der Waals surface area contributed by atoms with Gasteiger partial charge in [-0.25, -0.2) is 8.42 Å². The number of benzene rings is 1. The number of nitrogens with zero attached hydrogens (tertiary/aromatic N) is 1. The van der Waals surface area contributed by atoms with Gasteiger partial charge in [0, 0.05) is 29.5 Å². The van der Waals surface area contributed by atoms with E-state index in [1.54, 1.807) is 24.3 Å². The molecule has 24 heavy (non-hydrogen) atoms. The van der Waals surface area contributed by atoms with E-state index >= 15 is 0 Å². The quantitative estimate of drug-likeness (QED) is 0.774. The average Bonchev–Trinajstić information content (AvgIpc) is 2.55. The fourth-order valence-corrected chi connectivity index (χ4v) is 4.71. The molecule has 2 rings (SSSR count). The van der Waals surface area contributed by atoms with E-state index in [2.05, 4.69) is 28.2 Å². The molecule has 1 heterocycles. The fourth-order valence-electron chi connectivity index (χ4n) is 2.98. The normalized spacial score (nSPS) is 18.3. The Balaban J connectivity index is 1.94. The number of hydrogen-bond donors (Lipinski definition) is 1. The Morgan fingerprint density at radius 1 is 1.29 bits per heavy atom. The van der Waals surface area contributed by atoms with Crippen molar-refractivity contribution in [2.75, 3.05) is 13.1 Å². The van der Waals surface area contributed by atoms with Gasteiger partial charge in [0.05, 0.1) is 4.90 Å². The van der Waals surface area contributed by atoms with Crippen LogP contribution >= 0.6 is 15.9 Å². The summed E-state index contributed by atoms with van der Waals surface area (Å²) in [6.45, 7) is 4.87. The maximum atomic E-state index is 12.6. The Hall–Kier alpha value is -0.920. The minimum Gasteiger partial charge on any atom is -0.353 e. The van der Waals surface area contributed by atoms with Crippen LogP contribution in [0.3, 0.4) is 0 Å². The van der Waals surface area contributed by atoms with Crippen molar-refractivity contribution >= 4 is 31.9 Å². The molecule has 1 atom stereocenters. The second-order valence-corrected chi connectivity index (χ2v) is 9.18. The molecule has 1 aromatic rings. The number of nitrogens with one attached hydrogen (secondary N) is 1. The molecule has 0 unspecified atom stereocenters. The molecule has 1 N–H and O–H groups in total. The zero-order valence-corrected chi connectivity index (χ0v) is 16.6. The third kappa shape index (κ3) is 4.80. The van der Waals surface area contributed by atoms with Gasteiger partial charge in [-0.05, 0) is 50.5 Å². The number of carbonyl (C=O) groups is 1. The lowest BCUT2D eigenvalue weighted by Gasteiger charge is -2.31. The predicted octanol–water partition coefficient (Wildman–Crippen LogP) is 3.15. The van der Waals surface area contributed by atoms with Crippen molar-refractivity contribution in [2.24, 2.45) is 5.92 Å². The summed E-state index contributed by atoms with van der Waals surface area (Å²) in [5, 5.41) is 3.03. The second kappa shape index (κ2) is 8.45. The summed E-state index contributed by atoms with van der Waals surface area (Å²) in [6, 6.07) is 6.83. The van der Waals surface area contributed by atoms with Gasteiger partial charge in [0.25, 0.3) is 0 Å². The molecule has 0 spiro atoms. The van der Waals surface area contributed by atoms with Crippen molar-refractivity contribution in [1.82, 2.24) is 9.62 Å². The lowest BCUT2D eigenvalue weighted by Crippen LogP contribution is -2.44. The largest absolute Gasteiger partial charge is 0.353 e. The van der Waals surface area contributed by atoms with Crippen molar-refractivity contribution in [3.8, 4) is 0 Å². The number of halogens is 1. The van der Waals surface area contributed by atoms with Gasteiger partial charge in [-0.3, -0.25) is 4.79 Å². The van der Waals surface area contributed by atoms with Crippen molar-refractivity contribution in [3.05, 3.63) is 28.7 Å². The average molecular weight is 417 g/mol. The van der Waals surface area contributed by atoms with Crippen molar-refractivity contribution in [1.29, 1.82) is 0 Å². The monoisotopic (exact) mass is 416 g/mol. The Kier molecular flexibility index (Phi) is 6.83. The van der Waals surface area contributed by atoms with Crippen molar-refractivity contribution in [2.45, 2.75) is 50.5 Å². The van der Waals surface area contributed by atoms with Crippen LogP contribution in [0.5, 0.6) is 0 Å². The molecular formula is C17H25BrN2O3S. The molecule has 1 amide bonds. The van der Waals surface area contributed by atoms with Crippen LogP contribution in [0, 0.1) is 5.92 Å². The molecule has 134 valence electrons. The van der Waals surface area contributed by atoms with E-state index in [1.165, 1.54) is 4.31 Å². The van der Waals surface area contributed by atoms with Crippen LogP contribution in [-0.2, 0) is 14.8 Å². The summed E-state index contributed by atoms with van der Waals surface area (Å²) in [7, 11) is -3.48. The number of carbonyl (C=O) groups excluding carboxylic acids is 1. The van der Waals surface area contributed by atoms with Crippen LogP contribution in [-0.4, -0.2) is 37.8 Å². The lowest BCUT2D eigenvalue weighted by atomic mass is 9.96. The van der Waals surface area contributed by atoms with Crippen molar-refractivity contribution in [3.63, 3.8) is 0 Å². The van der Waals surface area contributed by atoms with Crippen LogP contribution in [0.4, 0.5) is 0 Å². The Bertz CT molecular complexity index is 653. The van der Waals surface area contributed by atoms with Crippen LogP contribution in [0.15, 0.2) is 33.6 Å². The first kappa shape index (κ1) is 19.4. The first-order valence-corrected chi connectivity index (χ1v) is 10.6. The highest BCUT2D eigenvalue weighted by atomic mass is 79.9. The van der Waals surface area contributed by atoms with Gasteiger partial charge >= 0.3 is 0 Å². The number of rotatable bonds is 6. The van der Waals surface area contributed by atoms with E-state index < -0.39 is 10.0 Å². The number of amides is 1. The van der Waals surface area contributed by atoms with Gasteiger partial charge in [0.2, 0.25) is 15.9 Å². The summed E-state index contributed by atoms with van der Waals surface area (Å²) in [6.07, 6.45) is 3.13. The van der Waals surface area contributed by atoms with Gasteiger partial charge in [0.15, 0.2) is 0 Å². The van der Waals surface area contributed by atoms with Gasteiger partial charge in [0.1, 0.15) is 0 Å². The summed E-state index contributed by atoms with van der Waals surface area (Å²) in [4.78, 5) is 12.6. The van der Waals surface area contributed by atoms with Gasteiger partial charge in [-0.1, -0.05) is 29.3 Å². The number of hydrogen-bond acceptors (Lipinski definition) is 3. The first-order chi connectivity index (χ1) is 11.3. The molecular weight excluding hydrogens is 392 g/mol. The Morgan fingerprint density at radius 2 is 1.88 bits per heavy atom. The molecule has 1 aliphatic heterocycles. The molecule has 7 heteroatoms. The van der Waals surface area contributed by atoms with Crippen LogP contribution < -0.4 is 5.32 Å². The number of sulfonamides is 1. The molecule has 5 nitrogen and oxygen atoms in total. The molecule has 1 saturated heterocycles. The topological polar surface area (TPSA) is 66.5 Å². The number of piperidine rings is 1. The van der Waals surface area contributed by atoms with E-state index in [4.69, 9.17) is 0 Å². The highest BCUT2D eigenvalue weighted by molar-refractivity contribution is 9.10. The summed E-state index contributed by atoms with van der Waals surface area (Å²) >= 11 is 3.31. The highest BCUT2D eigenvalue weighted by Crippen LogP contribution is 2.25. The summed E-state index contributed by atoms with van der Waals surface area (Å²) in [5.41, 5.74) is 0. The molecule has 0 aromatic heterocycles. The molecule has 1 aromatic carbocycles. The van der Waals surface area contributed by atoms with Crippen LogP contribution in [0.25, 0.3) is 0 Å². The molecule has 0 bridgehead atoms.